The molecule has 0 amide bonds. The van der Waals surface area contributed by atoms with E-state index in [9.17, 15) is 0 Å². The average Bonchev–Trinajstić information content (AvgIpc) is 2.53. The van der Waals surface area contributed by atoms with Crippen LogP contribution in [-0.2, 0) is 12.8 Å². The Bertz CT molecular complexity index is 576. The van der Waals surface area contributed by atoms with Gasteiger partial charge in [0.15, 0.2) is 0 Å². The molecule has 2 fully saturated rings. The van der Waals surface area contributed by atoms with Crippen LogP contribution in [0.4, 0.5) is 0 Å². The lowest BCUT2D eigenvalue weighted by Crippen LogP contribution is -2.54. The van der Waals surface area contributed by atoms with Crippen LogP contribution in [0.1, 0.15) is 65.5 Å². The van der Waals surface area contributed by atoms with Crippen molar-refractivity contribution in [1.82, 2.24) is 9.80 Å². The summed E-state index contributed by atoms with van der Waals surface area (Å²) in [4.78, 5) is 5.35. The Balaban J connectivity index is 1.36. The van der Waals surface area contributed by atoms with Crippen molar-refractivity contribution in [3.05, 3.63) is 35.4 Å². The molecule has 1 aromatic rings. The van der Waals surface area contributed by atoms with Gasteiger partial charge in [-0.2, -0.15) is 0 Å². The molecule has 0 spiro atoms. The lowest BCUT2D eigenvalue weighted by atomic mass is 9.72. The first kappa shape index (κ1) is 20.9. The Morgan fingerprint density at radius 2 is 1.33 bits per heavy atom. The average molecular weight is 371 g/mol. The summed E-state index contributed by atoms with van der Waals surface area (Å²) in [7, 11) is 0. The van der Waals surface area contributed by atoms with Crippen molar-refractivity contribution < 1.29 is 0 Å². The number of hydrogen-bond donors (Lipinski definition) is 0. The van der Waals surface area contributed by atoms with Crippen LogP contribution in [0, 0.1) is 17.3 Å². The highest BCUT2D eigenvalue weighted by Crippen LogP contribution is 2.37. The fraction of sp³-hybridized carbons (Fsp3) is 0.760. The van der Waals surface area contributed by atoms with Gasteiger partial charge in [-0.3, -0.25) is 4.90 Å². The van der Waals surface area contributed by atoms with Gasteiger partial charge in [0.1, 0.15) is 0 Å². The second-order valence-corrected chi connectivity index (χ2v) is 11.4. The third kappa shape index (κ3) is 6.32. The van der Waals surface area contributed by atoms with Crippen LogP contribution >= 0.6 is 0 Å². The van der Waals surface area contributed by atoms with Crippen molar-refractivity contribution in [2.45, 2.75) is 72.8 Å². The van der Waals surface area contributed by atoms with Gasteiger partial charge in [0.2, 0.25) is 0 Å². The van der Waals surface area contributed by atoms with E-state index in [0.717, 1.165) is 11.8 Å². The maximum atomic E-state index is 2.71. The summed E-state index contributed by atoms with van der Waals surface area (Å²) in [5.41, 5.74) is 3.72. The van der Waals surface area contributed by atoms with Crippen molar-refractivity contribution in [3.8, 4) is 0 Å². The van der Waals surface area contributed by atoms with Gasteiger partial charge in [-0.1, -0.05) is 45.0 Å². The number of benzene rings is 1. The molecule has 1 aromatic carbocycles. The highest BCUT2D eigenvalue weighted by Gasteiger charge is 2.32. The lowest BCUT2D eigenvalue weighted by Gasteiger charge is -2.45. The van der Waals surface area contributed by atoms with Crippen LogP contribution in [0.2, 0.25) is 0 Å². The fourth-order valence-corrected chi connectivity index (χ4v) is 4.89. The second kappa shape index (κ2) is 8.25. The predicted octanol–water partition coefficient (Wildman–Crippen LogP) is 5.26. The summed E-state index contributed by atoms with van der Waals surface area (Å²) < 4.78 is 0. The molecule has 152 valence electrons. The van der Waals surface area contributed by atoms with Crippen LogP contribution < -0.4 is 0 Å². The number of piperazine rings is 1. The Morgan fingerprint density at radius 3 is 1.85 bits per heavy atom. The molecule has 3 rings (SSSR count). The molecule has 2 heteroatoms. The molecule has 1 aliphatic heterocycles. The first-order chi connectivity index (χ1) is 12.6. The van der Waals surface area contributed by atoms with E-state index in [1.165, 1.54) is 69.5 Å². The molecule has 1 saturated carbocycles. The normalized spacial score (nSPS) is 25.4. The van der Waals surface area contributed by atoms with E-state index >= 15 is 0 Å². The zero-order valence-electron chi connectivity index (χ0n) is 18.7. The SMILES string of the molecule is CC(C)(C)Cc1ccc(CC2CC(CN3CCN(C(C)(C)C)CC3)C2)cc1. The van der Waals surface area contributed by atoms with E-state index in [4.69, 9.17) is 0 Å². The van der Waals surface area contributed by atoms with E-state index in [0.29, 0.717) is 11.0 Å². The minimum absolute atomic E-state index is 0.329. The number of hydrogen-bond acceptors (Lipinski definition) is 2. The van der Waals surface area contributed by atoms with Gasteiger partial charge < -0.3 is 4.90 Å². The largest absolute Gasteiger partial charge is 0.301 e. The standard InChI is InChI=1S/C25H42N2/c1-24(2,3)18-21-9-7-20(8-10-21)15-22-16-23(17-22)19-26-11-13-27(14-12-26)25(4,5)6/h7-10,22-23H,11-19H2,1-6H3. The third-order valence-electron chi connectivity index (χ3n) is 6.45. The van der Waals surface area contributed by atoms with Crippen molar-refractivity contribution >= 4 is 0 Å². The molecule has 2 nitrogen and oxygen atoms in total. The van der Waals surface area contributed by atoms with Gasteiger partial charge in [0.05, 0.1) is 0 Å². The van der Waals surface area contributed by atoms with Crippen LogP contribution in [0.3, 0.4) is 0 Å². The molecule has 0 aromatic heterocycles. The van der Waals surface area contributed by atoms with Gasteiger partial charge in [0, 0.05) is 38.3 Å². The minimum atomic E-state index is 0.329. The van der Waals surface area contributed by atoms with Gasteiger partial charge in [-0.15, -0.1) is 0 Å². The van der Waals surface area contributed by atoms with Crippen LogP contribution in [0.15, 0.2) is 24.3 Å². The van der Waals surface area contributed by atoms with Crippen LogP contribution in [-0.4, -0.2) is 48.1 Å². The van der Waals surface area contributed by atoms with E-state index in [2.05, 4.69) is 75.6 Å². The third-order valence-corrected chi connectivity index (χ3v) is 6.45. The highest BCUT2D eigenvalue weighted by atomic mass is 15.3. The summed E-state index contributed by atoms with van der Waals surface area (Å²) >= 11 is 0. The van der Waals surface area contributed by atoms with Gasteiger partial charge in [-0.25, -0.2) is 0 Å². The number of rotatable bonds is 5. The van der Waals surface area contributed by atoms with E-state index in [1.807, 2.05) is 0 Å². The van der Waals surface area contributed by atoms with Gasteiger partial charge in [0.25, 0.3) is 0 Å². The molecule has 0 N–H and O–H groups in total. The minimum Gasteiger partial charge on any atom is -0.301 e. The molecular weight excluding hydrogens is 328 g/mol. The van der Waals surface area contributed by atoms with Crippen LogP contribution in [0.5, 0.6) is 0 Å². The Morgan fingerprint density at radius 1 is 0.778 bits per heavy atom. The quantitative estimate of drug-likeness (QED) is 0.697. The molecule has 0 atom stereocenters. The maximum absolute atomic E-state index is 2.71. The highest BCUT2D eigenvalue weighted by molar-refractivity contribution is 5.24. The zero-order valence-corrected chi connectivity index (χ0v) is 18.7. The summed E-state index contributed by atoms with van der Waals surface area (Å²) in [6, 6.07) is 9.46. The summed E-state index contributed by atoms with van der Waals surface area (Å²) in [5, 5.41) is 0. The molecular formula is C25H42N2. The fourth-order valence-electron chi connectivity index (χ4n) is 4.89. The van der Waals surface area contributed by atoms with E-state index < -0.39 is 0 Å². The second-order valence-electron chi connectivity index (χ2n) is 11.4. The Hall–Kier alpha value is -0.860. The molecule has 0 unspecified atom stereocenters. The van der Waals surface area contributed by atoms with E-state index in [-0.39, 0.29) is 0 Å². The first-order valence-corrected chi connectivity index (χ1v) is 11.1. The Labute approximate surface area is 168 Å². The smallest absolute Gasteiger partial charge is 0.0126 e. The van der Waals surface area contributed by atoms with E-state index in [1.54, 1.807) is 0 Å². The molecule has 0 bridgehead atoms. The van der Waals surface area contributed by atoms with Crippen molar-refractivity contribution in [3.63, 3.8) is 0 Å². The monoisotopic (exact) mass is 370 g/mol. The van der Waals surface area contributed by atoms with Gasteiger partial charge >= 0.3 is 0 Å². The lowest BCUT2D eigenvalue weighted by molar-refractivity contribution is 0.0393. The zero-order chi connectivity index (χ0) is 19.7. The molecule has 2 aliphatic rings. The molecule has 27 heavy (non-hydrogen) atoms. The van der Waals surface area contributed by atoms with Crippen LogP contribution in [0.25, 0.3) is 0 Å². The predicted molar refractivity (Wildman–Crippen MR) is 117 cm³/mol. The molecule has 1 aliphatic carbocycles. The topological polar surface area (TPSA) is 6.48 Å². The van der Waals surface area contributed by atoms with Crippen molar-refractivity contribution in [1.29, 1.82) is 0 Å². The molecule has 0 radical (unpaired) electrons. The molecule has 1 heterocycles. The number of nitrogens with zero attached hydrogens (tertiary/aromatic N) is 2. The summed E-state index contributed by atoms with van der Waals surface area (Å²) in [5.74, 6) is 1.86. The first-order valence-electron chi connectivity index (χ1n) is 11.1. The van der Waals surface area contributed by atoms with Gasteiger partial charge in [-0.05, 0) is 74.8 Å². The van der Waals surface area contributed by atoms with Crippen molar-refractivity contribution in [2.24, 2.45) is 17.3 Å². The summed E-state index contributed by atoms with van der Waals surface area (Å²) in [6.07, 6.45) is 5.32. The Kier molecular flexibility index (Phi) is 6.37. The maximum Gasteiger partial charge on any atom is 0.0126 e. The molecule has 1 saturated heterocycles. The summed E-state index contributed by atoms with van der Waals surface area (Å²) in [6.45, 7) is 20.3. The van der Waals surface area contributed by atoms with Crippen molar-refractivity contribution in [2.75, 3.05) is 32.7 Å².